The molecule has 8 nitrogen and oxygen atoms in total. The van der Waals surface area contributed by atoms with E-state index in [2.05, 4.69) is 35.9 Å². The van der Waals surface area contributed by atoms with E-state index in [0.29, 0.717) is 18.3 Å². The van der Waals surface area contributed by atoms with Crippen molar-refractivity contribution in [1.82, 2.24) is 15.1 Å². The van der Waals surface area contributed by atoms with E-state index < -0.39 is 0 Å². The third-order valence-electron chi connectivity index (χ3n) is 4.73. The van der Waals surface area contributed by atoms with Gasteiger partial charge in [-0.25, -0.2) is 0 Å². The molecule has 0 N–H and O–H groups in total. The van der Waals surface area contributed by atoms with Crippen LogP contribution in [0.2, 0.25) is 0 Å². The lowest BCUT2D eigenvalue weighted by molar-refractivity contribution is -0.384. The largest absolute Gasteiger partial charge is 0.419 e. The summed E-state index contributed by atoms with van der Waals surface area (Å²) < 4.78 is 6.75. The number of rotatable bonds is 5. The van der Waals surface area contributed by atoms with Crippen LogP contribution in [0.4, 0.5) is 11.4 Å². The van der Waals surface area contributed by atoms with E-state index in [1.54, 1.807) is 24.3 Å². The van der Waals surface area contributed by atoms with Gasteiger partial charge in [-0.05, 0) is 40.2 Å². The molecule has 0 aliphatic carbocycles. The summed E-state index contributed by atoms with van der Waals surface area (Å²) in [7, 11) is 0. The number of non-ortho nitro benzene ring substituents is 1. The number of nitro benzene ring substituents is 1. The maximum absolute atomic E-state index is 10.8. The van der Waals surface area contributed by atoms with E-state index in [1.165, 1.54) is 0 Å². The van der Waals surface area contributed by atoms with E-state index in [1.807, 2.05) is 24.3 Å². The Morgan fingerprint density at radius 1 is 1.04 bits per heavy atom. The lowest BCUT2D eigenvalue weighted by Crippen LogP contribution is -2.46. The average molecular weight is 444 g/mol. The molecule has 0 unspecified atom stereocenters. The van der Waals surface area contributed by atoms with Crippen LogP contribution >= 0.6 is 15.9 Å². The Balaban J connectivity index is 1.35. The Labute approximate surface area is 170 Å². The molecule has 9 heteroatoms. The van der Waals surface area contributed by atoms with Gasteiger partial charge >= 0.3 is 0 Å². The average Bonchev–Trinajstić information content (AvgIpc) is 3.17. The fraction of sp³-hybridized carbons (Fsp3) is 0.263. The van der Waals surface area contributed by atoms with Gasteiger partial charge in [0.05, 0.1) is 17.0 Å². The quantitative estimate of drug-likeness (QED) is 0.438. The van der Waals surface area contributed by atoms with Crippen LogP contribution in [-0.4, -0.2) is 46.2 Å². The molecule has 0 amide bonds. The highest BCUT2D eigenvalue weighted by Gasteiger charge is 2.20. The fourth-order valence-corrected chi connectivity index (χ4v) is 3.66. The maximum atomic E-state index is 10.8. The normalized spacial score (nSPS) is 15.0. The van der Waals surface area contributed by atoms with Crippen molar-refractivity contribution in [3.05, 3.63) is 69.0 Å². The maximum Gasteiger partial charge on any atom is 0.269 e. The Morgan fingerprint density at radius 2 is 1.75 bits per heavy atom. The lowest BCUT2D eigenvalue weighted by atomic mass is 10.2. The van der Waals surface area contributed by atoms with Crippen molar-refractivity contribution in [2.24, 2.45) is 0 Å². The second kappa shape index (κ2) is 8.07. The zero-order valence-electron chi connectivity index (χ0n) is 15.0. The molecule has 0 bridgehead atoms. The van der Waals surface area contributed by atoms with Crippen molar-refractivity contribution in [3.8, 4) is 11.5 Å². The molecule has 144 valence electrons. The molecule has 3 aromatic rings. The van der Waals surface area contributed by atoms with Crippen LogP contribution in [0.5, 0.6) is 0 Å². The number of piperazine rings is 1. The van der Waals surface area contributed by atoms with Crippen LogP contribution in [0, 0.1) is 10.1 Å². The van der Waals surface area contributed by atoms with E-state index in [4.69, 9.17) is 4.42 Å². The zero-order chi connectivity index (χ0) is 19.5. The van der Waals surface area contributed by atoms with E-state index >= 15 is 0 Å². The molecule has 0 radical (unpaired) electrons. The van der Waals surface area contributed by atoms with Gasteiger partial charge < -0.3 is 9.32 Å². The van der Waals surface area contributed by atoms with Gasteiger partial charge in [0.1, 0.15) is 0 Å². The van der Waals surface area contributed by atoms with Crippen LogP contribution < -0.4 is 4.90 Å². The minimum Gasteiger partial charge on any atom is -0.419 e. The third-order valence-corrected chi connectivity index (χ3v) is 5.42. The van der Waals surface area contributed by atoms with Crippen LogP contribution in [0.25, 0.3) is 11.5 Å². The lowest BCUT2D eigenvalue weighted by Gasteiger charge is -2.35. The summed E-state index contributed by atoms with van der Waals surface area (Å²) in [4.78, 5) is 14.9. The molecule has 1 aliphatic heterocycles. The summed E-state index contributed by atoms with van der Waals surface area (Å²) in [5.74, 6) is 1.10. The minimum absolute atomic E-state index is 0.111. The third kappa shape index (κ3) is 4.05. The second-order valence-corrected chi connectivity index (χ2v) is 7.37. The first-order chi connectivity index (χ1) is 13.6. The van der Waals surface area contributed by atoms with Crippen LogP contribution in [0.1, 0.15) is 5.89 Å². The van der Waals surface area contributed by atoms with Gasteiger partial charge in [0.2, 0.25) is 11.8 Å². The van der Waals surface area contributed by atoms with E-state index in [9.17, 15) is 10.1 Å². The Kier molecular flexibility index (Phi) is 5.36. The smallest absolute Gasteiger partial charge is 0.269 e. The molecule has 2 aromatic carbocycles. The Hall–Kier alpha value is -2.78. The Morgan fingerprint density at radius 3 is 2.43 bits per heavy atom. The highest BCUT2D eigenvalue weighted by molar-refractivity contribution is 9.10. The summed E-state index contributed by atoms with van der Waals surface area (Å²) in [6, 6.07) is 14.4. The molecule has 1 saturated heterocycles. The number of hydrogen-bond donors (Lipinski definition) is 0. The number of anilines is 1. The van der Waals surface area contributed by atoms with E-state index in [-0.39, 0.29) is 10.6 Å². The molecule has 1 aromatic heterocycles. The molecule has 0 spiro atoms. The van der Waals surface area contributed by atoms with Crippen molar-refractivity contribution < 1.29 is 9.34 Å². The fourth-order valence-electron chi connectivity index (χ4n) is 3.20. The van der Waals surface area contributed by atoms with Crippen LogP contribution in [0.15, 0.2) is 57.4 Å². The van der Waals surface area contributed by atoms with Gasteiger partial charge in [0.25, 0.3) is 5.69 Å². The molecular weight excluding hydrogens is 426 g/mol. The van der Waals surface area contributed by atoms with Crippen LogP contribution in [-0.2, 0) is 6.54 Å². The summed E-state index contributed by atoms with van der Waals surface area (Å²) in [5.41, 5.74) is 1.99. The van der Waals surface area contributed by atoms with Gasteiger partial charge in [-0.3, -0.25) is 15.0 Å². The number of nitro groups is 1. The molecule has 1 aliphatic rings. The Bertz CT molecular complexity index is 968. The molecule has 1 fully saturated rings. The molecule has 0 atom stereocenters. The molecular formula is C19H18BrN5O3. The predicted molar refractivity (Wildman–Crippen MR) is 108 cm³/mol. The van der Waals surface area contributed by atoms with Gasteiger partial charge in [-0.15, -0.1) is 10.2 Å². The standard InChI is InChI=1S/C19H18BrN5O3/c20-17-4-2-1-3-16(17)19-22-21-18(28-19)13-23-9-11-24(12-10-23)14-5-7-15(8-6-14)25(26)27/h1-8H,9-13H2. The summed E-state index contributed by atoms with van der Waals surface area (Å²) >= 11 is 3.50. The first kappa shape index (κ1) is 18.6. The van der Waals surface area contributed by atoms with Crippen LogP contribution in [0.3, 0.4) is 0 Å². The van der Waals surface area contributed by atoms with Crippen molar-refractivity contribution in [2.45, 2.75) is 6.54 Å². The van der Waals surface area contributed by atoms with Gasteiger partial charge in [-0.2, -0.15) is 0 Å². The number of halogens is 1. The SMILES string of the molecule is O=[N+]([O-])c1ccc(N2CCN(Cc3nnc(-c4ccccc4Br)o3)CC2)cc1. The summed E-state index contributed by atoms with van der Waals surface area (Å²) in [6.07, 6.45) is 0. The zero-order valence-corrected chi connectivity index (χ0v) is 16.6. The monoisotopic (exact) mass is 443 g/mol. The number of aromatic nitrogens is 2. The summed E-state index contributed by atoms with van der Waals surface area (Å²) in [5, 5.41) is 19.1. The molecule has 28 heavy (non-hydrogen) atoms. The van der Waals surface area contributed by atoms with E-state index in [0.717, 1.165) is 41.9 Å². The second-order valence-electron chi connectivity index (χ2n) is 6.52. The van der Waals surface area contributed by atoms with Gasteiger partial charge in [-0.1, -0.05) is 12.1 Å². The van der Waals surface area contributed by atoms with Crippen molar-refractivity contribution in [2.75, 3.05) is 31.1 Å². The van der Waals surface area contributed by atoms with Gasteiger partial charge in [0, 0.05) is 48.5 Å². The number of nitrogens with zero attached hydrogens (tertiary/aromatic N) is 5. The minimum atomic E-state index is -0.381. The van der Waals surface area contributed by atoms with Crippen molar-refractivity contribution >= 4 is 27.3 Å². The number of benzene rings is 2. The predicted octanol–water partition coefficient (Wildman–Crippen LogP) is 3.73. The first-order valence-corrected chi connectivity index (χ1v) is 9.68. The van der Waals surface area contributed by atoms with Crippen molar-refractivity contribution in [3.63, 3.8) is 0 Å². The molecule has 2 heterocycles. The topological polar surface area (TPSA) is 88.5 Å². The number of hydrogen-bond acceptors (Lipinski definition) is 7. The van der Waals surface area contributed by atoms with Gasteiger partial charge in [0.15, 0.2) is 0 Å². The van der Waals surface area contributed by atoms with Crippen molar-refractivity contribution in [1.29, 1.82) is 0 Å². The first-order valence-electron chi connectivity index (χ1n) is 8.89. The molecule has 4 rings (SSSR count). The molecule has 0 saturated carbocycles. The highest BCUT2D eigenvalue weighted by atomic mass is 79.9. The summed E-state index contributed by atoms with van der Waals surface area (Å²) in [6.45, 7) is 3.98. The highest BCUT2D eigenvalue weighted by Crippen LogP contribution is 2.27.